The zero-order chi connectivity index (χ0) is 25.2. The molecule has 0 atom stereocenters. The number of nitrogens with zero attached hydrogens (tertiary/aromatic N) is 1. The van der Waals surface area contributed by atoms with E-state index in [1.165, 1.54) is 43.4 Å². The molecule has 2 aromatic heterocycles. The van der Waals surface area contributed by atoms with Gasteiger partial charge in [0.1, 0.15) is 0 Å². The van der Waals surface area contributed by atoms with Crippen LogP contribution >= 0.6 is 11.3 Å². The molecule has 0 aliphatic rings. The molecule has 35 heavy (non-hydrogen) atoms. The fourth-order valence-corrected chi connectivity index (χ4v) is 6.45. The quantitative estimate of drug-likeness (QED) is 0.172. The molecular weight excluding hydrogens is 464 g/mol. The van der Waals surface area contributed by atoms with Gasteiger partial charge in [-0.3, -0.25) is 0 Å². The third-order valence-electron chi connectivity index (χ3n) is 7.61. The minimum atomic E-state index is -1.62. The van der Waals surface area contributed by atoms with Crippen LogP contribution in [0.5, 0.6) is 0 Å². The second-order valence-corrected chi connectivity index (χ2v) is 17.0. The lowest BCUT2D eigenvalue weighted by atomic mass is 10.1. The SMILES string of the molecule is CCn1c2ccc(CNCCCCO[Si](C)(C)C(C)(C)C)cc2c2ccc(-c3cc(C)cs3)cc21. The van der Waals surface area contributed by atoms with Gasteiger partial charge < -0.3 is 14.3 Å². The first-order chi connectivity index (χ1) is 16.6. The summed E-state index contributed by atoms with van der Waals surface area (Å²) in [6.07, 6.45) is 2.27. The summed E-state index contributed by atoms with van der Waals surface area (Å²) in [5.74, 6) is 0. The standard InChI is InChI=1S/C30H42N2OSSi/c1-8-32-27-14-11-23(20-31-15-9-10-16-33-35(6,7)30(3,4)5)18-26(27)25-13-12-24(19-28(25)32)29-17-22(2)21-34-29/h11-14,17-19,21,31H,8-10,15-16,20H2,1-7H3. The van der Waals surface area contributed by atoms with Crippen molar-refractivity contribution in [2.45, 2.75) is 78.7 Å². The molecule has 4 aromatic rings. The van der Waals surface area contributed by atoms with Crippen LogP contribution in [0.15, 0.2) is 47.8 Å². The van der Waals surface area contributed by atoms with Crippen LogP contribution in [-0.2, 0) is 17.5 Å². The molecule has 0 spiro atoms. The van der Waals surface area contributed by atoms with Crippen LogP contribution in [0.4, 0.5) is 0 Å². The molecule has 3 nitrogen and oxygen atoms in total. The molecular formula is C30H42N2OSSi. The Morgan fingerprint density at radius 1 is 0.971 bits per heavy atom. The van der Waals surface area contributed by atoms with Gasteiger partial charge in [0.25, 0.3) is 0 Å². The van der Waals surface area contributed by atoms with Crippen molar-refractivity contribution >= 4 is 41.5 Å². The molecule has 188 valence electrons. The van der Waals surface area contributed by atoms with Crippen LogP contribution in [0.3, 0.4) is 0 Å². The van der Waals surface area contributed by atoms with Gasteiger partial charge in [0, 0.05) is 46.4 Å². The topological polar surface area (TPSA) is 26.2 Å². The summed E-state index contributed by atoms with van der Waals surface area (Å²) in [7, 11) is -1.62. The predicted octanol–water partition coefficient (Wildman–Crippen LogP) is 8.74. The van der Waals surface area contributed by atoms with Crippen molar-refractivity contribution in [1.29, 1.82) is 0 Å². The Hall–Kier alpha value is -1.92. The Balaban J connectivity index is 1.40. The molecule has 0 fully saturated rings. The van der Waals surface area contributed by atoms with Gasteiger partial charge in [-0.2, -0.15) is 0 Å². The van der Waals surface area contributed by atoms with E-state index in [4.69, 9.17) is 4.43 Å². The van der Waals surface area contributed by atoms with Gasteiger partial charge in [-0.15, -0.1) is 11.3 Å². The first-order valence-electron chi connectivity index (χ1n) is 13.1. The van der Waals surface area contributed by atoms with Crippen molar-refractivity contribution in [1.82, 2.24) is 9.88 Å². The van der Waals surface area contributed by atoms with E-state index in [1.807, 2.05) is 11.3 Å². The smallest absolute Gasteiger partial charge is 0.191 e. The largest absolute Gasteiger partial charge is 0.417 e. The average Bonchev–Trinajstić information content (AvgIpc) is 3.37. The van der Waals surface area contributed by atoms with E-state index in [9.17, 15) is 0 Å². The van der Waals surface area contributed by atoms with Gasteiger partial charge in [0.05, 0.1) is 0 Å². The first kappa shape index (κ1) is 26.1. The van der Waals surface area contributed by atoms with Crippen LogP contribution in [0.2, 0.25) is 18.1 Å². The number of aromatic nitrogens is 1. The number of nitrogens with one attached hydrogen (secondary N) is 1. The van der Waals surface area contributed by atoms with E-state index >= 15 is 0 Å². The van der Waals surface area contributed by atoms with Gasteiger partial charge in [-0.25, -0.2) is 0 Å². The number of hydrogen-bond acceptors (Lipinski definition) is 3. The zero-order valence-corrected chi connectivity index (χ0v) is 24.4. The molecule has 2 heterocycles. The maximum absolute atomic E-state index is 6.31. The van der Waals surface area contributed by atoms with E-state index in [0.717, 1.165) is 39.1 Å². The molecule has 0 saturated heterocycles. The van der Waals surface area contributed by atoms with Gasteiger partial charge in [0.15, 0.2) is 8.32 Å². The van der Waals surface area contributed by atoms with Crippen LogP contribution < -0.4 is 5.32 Å². The van der Waals surface area contributed by atoms with E-state index in [-0.39, 0.29) is 5.04 Å². The number of unbranched alkanes of at least 4 members (excludes halogenated alkanes) is 1. The molecule has 0 bridgehead atoms. The highest BCUT2D eigenvalue weighted by Gasteiger charge is 2.36. The maximum Gasteiger partial charge on any atom is 0.191 e. The molecule has 1 N–H and O–H groups in total. The number of fused-ring (bicyclic) bond motifs is 3. The van der Waals surface area contributed by atoms with Crippen molar-refractivity contribution in [2.24, 2.45) is 0 Å². The second-order valence-electron chi connectivity index (χ2n) is 11.3. The van der Waals surface area contributed by atoms with E-state index in [0.29, 0.717) is 0 Å². The summed E-state index contributed by atoms with van der Waals surface area (Å²) < 4.78 is 8.76. The first-order valence-corrected chi connectivity index (χ1v) is 16.8. The number of aryl methyl sites for hydroxylation is 2. The Labute approximate surface area is 216 Å². The monoisotopic (exact) mass is 506 g/mol. The highest BCUT2D eigenvalue weighted by atomic mass is 32.1. The van der Waals surface area contributed by atoms with Crippen molar-refractivity contribution in [3.63, 3.8) is 0 Å². The summed E-state index contributed by atoms with van der Waals surface area (Å²) in [5, 5.41) is 8.87. The number of benzene rings is 2. The van der Waals surface area contributed by atoms with Crippen LogP contribution in [0, 0.1) is 6.92 Å². The highest BCUT2D eigenvalue weighted by Crippen LogP contribution is 2.37. The normalized spacial score (nSPS) is 12.8. The molecule has 2 aromatic carbocycles. The Morgan fingerprint density at radius 3 is 2.46 bits per heavy atom. The lowest BCUT2D eigenvalue weighted by Crippen LogP contribution is -2.41. The predicted molar refractivity (Wildman–Crippen MR) is 157 cm³/mol. The van der Waals surface area contributed by atoms with E-state index in [1.54, 1.807) is 0 Å². The van der Waals surface area contributed by atoms with Crippen LogP contribution in [0.25, 0.3) is 32.2 Å². The van der Waals surface area contributed by atoms with Crippen molar-refractivity contribution in [3.8, 4) is 10.4 Å². The third kappa shape index (κ3) is 5.74. The summed E-state index contributed by atoms with van der Waals surface area (Å²) in [6.45, 7) is 19.8. The Kier molecular flexibility index (Phi) is 7.91. The summed E-state index contributed by atoms with van der Waals surface area (Å²) in [4.78, 5) is 1.34. The van der Waals surface area contributed by atoms with E-state index in [2.05, 4.69) is 105 Å². The molecule has 0 unspecified atom stereocenters. The Morgan fingerprint density at radius 2 is 1.77 bits per heavy atom. The van der Waals surface area contributed by atoms with Gasteiger partial charge >= 0.3 is 0 Å². The minimum Gasteiger partial charge on any atom is -0.417 e. The van der Waals surface area contributed by atoms with Crippen LogP contribution in [0.1, 0.15) is 51.7 Å². The average molecular weight is 507 g/mol. The van der Waals surface area contributed by atoms with Gasteiger partial charge in [-0.1, -0.05) is 39.0 Å². The molecule has 0 amide bonds. The Bertz CT molecular complexity index is 1300. The van der Waals surface area contributed by atoms with Gasteiger partial charge in [-0.05, 0) is 97.7 Å². The summed E-state index contributed by atoms with van der Waals surface area (Å²) in [5.41, 5.74) is 6.66. The summed E-state index contributed by atoms with van der Waals surface area (Å²) in [6, 6.07) is 16.2. The fraction of sp³-hybridized carbons (Fsp3) is 0.467. The molecule has 0 saturated carbocycles. The lowest BCUT2D eigenvalue weighted by molar-refractivity contribution is 0.278. The van der Waals surface area contributed by atoms with Crippen molar-refractivity contribution < 1.29 is 4.43 Å². The minimum absolute atomic E-state index is 0.287. The van der Waals surface area contributed by atoms with Crippen molar-refractivity contribution in [2.75, 3.05) is 13.2 Å². The zero-order valence-electron chi connectivity index (χ0n) is 22.6. The summed E-state index contributed by atoms with van der Waals surface area (Å²) >= 11 is 1.83. The molecule has 5 heteroatoms. The second kappa shape index (κ2) is 10.6. The molecule has 0 aliphatic heterocycles. The molecule has 0 aliphatic carbocycles. The van der Waals surface area contributed by atoms with Crippen LogP contribution in [-0.4, -0.2) is 26.0 Å². The number of hydrogen-bond donors (Lipinski definition) is 1. The molecule has 0 radical (unpaired) electrons. The van der Waals surface area contributed by atoms with Crippen molar-refractivity contribution in [3.05, 3.63) is 59.0 Å². The number of rotatable bonds is 10. The maximum atomic E-state index is 6.31. The van der Waals surface area contributed by atoms with Gasteiger partial charge in [0.2, 0.25) is 0 Å². The number of thiophene rings is 1. The molecule has 4 rings (SSSR count). The third-order valence-corrected chi connectivity index (χ3v) is 13.2. The lowest BCUT2D eigenvalue weighted by Gasteiger charge is -2.36. The van der Waals surface area contributed by atoms with E-state index < -0.39 is 8.32 Å². The fourth-order valence-electron chi connectivity index (χ4n) is 4.46. The highest BCUT2D eigenvalue weighted by molar-refractivity contribution is 7.13.